The SMILES string of the molecule is COc1cc(CCN)c(-c2ccc(-c3cc(CCN)c(O)c(CCN)c3)cc2)c(CCN)c1. The van der Waals surface area contributed by atoms with E-state index in [1.165, 1.54) is 5.56 Å². The van der Waals surface area contributed by atoms with Gasteiger partial charge in [-0.2, -0.15) is 0 Å². The van der Waals surface area contributed by atoms with Crippen molar-refractivity contribution >= 4 is 0 Å². The number of benzene rings is 3. The summed E-state index contributed by atoms with van der Waals surface area (Å²) in [4.78, 5) is 0. The first kappa shape index (κ1) is 24.7. The molecule has 3 rings (SSSR count). The van der Waals surface area contributed by atoms with Crippen LogP contribution in [0.5, 0.6) is 11.5 Å². The molecule has 0 heterocycles. The van der Waals surface area contributed by atoms with E-state index in [0.29, 0.717) is 44.8 Å². The molecule has 0 amide bonds. The van der Waals surface area contributed by atoms with Crippen molar-refractivity contribution in [3.63, 3.8) is 0 Å². The molecular formula is C27H36N4O2. The lowest BCUT2D eigenvalue weighted by Crippen LogP contribution is -2.09. The summed E-state index contributed by atoms with van der Waals surface area (Å²) >= 11 is 0. The van der Waals surface area contributed by atoms with Gasteiger partial charge in [-0.3, -0.25) is 0 Å². The Kier molecular flexibility index (Phi) is 8.86. The van der Waals surface area contributed by atoms with Gasteiger partial charge in [0.25, 0.3) is 0 Å². The smallest absolute Gasteiger partial charge is 0.122 e. The maximum Gasteiger partial charge on any atom is 0.122 e. The number of rotatable bonds is 11. The van der Waals surface area contributed by atoms with Gasteiger partial charge in [0.05, 0.1) is 7.11 Å². The molecule has 176 valence electrons. The molecule has 0 fully saturated rings. The molecule has 6 nitrogen and oxygen atoms in total. The number of ether oxygens (including phenoxy) is 1. The van der Waals surface area contributed by atoms with Crippen molar-refractivity contribution in [2.75, 3.05) is 33.3 Å². The highest BCUT2D eigenvalue weighted by Crippen LogP contribution is 2.35. The van der Waals surface area contributed by atoms with Gasteiger partial charge in [0, 0.05) is 0 Å². The lowest BCUT2D eigenvalue weighted by Gasteiger charge is -2.18. The highest BCUT2D eigenvalue weighted by molar-refractivity contribution is 5.76. The third kappa shape index (κ3) is 5.72. The van der Waals surface area contributed by atoms with E-state index in [1.54, 1.807) is 7.11 Å². The van der Waals surface area contributed by atoms with E-state index in [2.05, 4.69) is 36.4 Å². The van der Waals surface area contributed by atoms with Crippen LogP contribution in [-0.2, 0) is 25.7 Å². The summed E-state index contributed by atoms with van der Waals surface area (Å²) in [5.74, 6) is 1.13. The third-order valence-electron chi connectivity index (χ3n) is 5.94. The second-order valence-electron chi connectivity index (χ2n) is 8.20. The van der Waals surface area contributed by atoms with Crippen molar-refractivity contribution in [1.82, 2.24) is 0 Å². The Hall–Kier alpha value is -2.90. The van der Waals surface area contributed by atoms with Crippen molar-refractivity contribution in [3.05, 3.63) is 70.8 Å². The minimum absolute atomic E-state index is 0.308. The minimum Gasteiger partial charge on any atom is -0.507 e. The topological polar surface area (TPSA) is 134 Å². The lowest BCUT2D eigenvalue weighted by atomic mass is 9.89. The monoisotopic (exact) mass is 448 g/mol. The molecule has 0 bridgehead atoms. The van der Waals surface area contributed by atoms with Gasteiger partial charge in [-0.1, -0.05) is 24.3 Å². The lowest BCUT2D eigenvalue weighted by molar-refractivity contribution is 0.414. The molecule has 0 aliphatic heterocycles. The van der Waals surface area contributed by atoms with Crippen LogP contribution in [-0.4, -0.2) is 38.4 Å². The number of phenols is 1. The number of hydrogen-bond donors (Lipinski definition) is 5. The summed E-state index contributed by atoms with van der Waals surface area (Å²) in [7, 11) is 1.68. The predicted molar refractivity (Wildman–Crippen MR) is 137 cm³/mol. The van der Waals surface area contributed by atoms with E-state index >= 15 is 0 Å². The minimum atomic E-state index is 0.308. The normalized spacial score (nSPS) is 11.1. The number of methoxy groups -OCH3 is 1. The summed E-state index contributed by atoms with van der Waals surface area (Å²) in [6, 6.07) is 16.7. The van der Waals surface area contributed by atoms with Gasteiger partial charge >= 0.3 is 0 Å². The molecule has 0 spiro atoms. The quantitative estimate of drug-likeness (QED) is 0.306. The fourth-order valence-corrected chi connectivity index (χ4v) is 4.38. The van der Waals surface area contributed by atoms with Crippen LogP contribution in [0, 0.1) is 0 Å². The van der Waals surface area contributed by atoms with Crippen LogP contribution in [0.2, 0.25) is 0 Å². The molecule has 0 unspecified atom stereocenters. The summed E-state index contributed by atoms with van der Waals surface area (Å²) in [5.41, 5.74) is 31.8. The fraction of sp³-hybridized carbons (Fsp3) is 0.333. The van der Waals surface area contributed by atoms with Crippen LogP contribution in [0.15, 0.2) is 48.5 Å². The Balaban J connectivity index is 2.06. The zero-order chi connectivity index (χ0) is 23.8. The first-order chi connectivity index (χ1) is 16.1. The molecule has 0 aromatic heterocycles. The second-order valence-corrected chi connectivity index (χ2v) is 8.20. The first-order valence-corrected chi connectivity index (χ1v) is 11.5. The predicted octanol–water partition coefficient (Wildman–Crippen LogP) is 2.74. The fourth-order valence-electron chi connectivity index (χ4n) is 4.38. The van der Waals surface area contributed by atoms with E-state index in [1.807, 2.05) is 12.1 Å². The van der Waals surface area contributed by atoms with Crippen LogP contribution in [0.4, 0.5) is 0 Å². The molecule has 6 heteroatoms. The molecule has 33 heavy (non-hydrogen) atoms. The zero-order valence-corrected chi connectivity index (χ0v) is 19.4. The van der Waals surface area contributed by atoms with Crippen LogP contribution < -0.4 is 27.7 Å². The molecule has 3 aromatic rings. The van der Waals surface area contributed by atoms with Gasteiger partial charge in [0.15, 0.2) is 0 Å². The number of hydrogen-bond acceptors (Lipinski definition) is 6. The Morgan fingerprint density at radius 2 is 1.03 bits per heavy atom. The van der Waals surface area contributed by atoms with E-state index < -0.39 is 0 Å². The summed E-state index contributed by atoms with van der Waals surface area (Å²) < 4.78 is 5.51. The van der Waals surface area contributed by atoms with Gasteiger partial charge in [-0.05, 0) is 121 Å². The van der Waals surface area contributed by atoms with Crippen LogP contribution in [0.25, 0.3) is 22.3 Å². The standard InChI is InChI=1S/C27H36N4O2/c1-33-25-16-20(6-10-28)26(21(17-25)7-11-29)19-4-2-18(3-5-19)24-14-22(8-12-30)27(32)23(15-24)9-13-31/h2-5,14-17,32H,6-13,28-31H2,1H3. The number of phenolic OH excluding ortho intramolecular Hbond substituents is 1. The maximum absolute atomic E-state index is 10.6. The average molecular weight is 449 g/mol. The molecule has 0 aliphatic rings. The van der Waals surface area contributed by atoms with Crippen LogP contribution >= 0.6 is 0 Å². The molecule has 0 saturated heterocycles. The van der Waals surface area contributed by atoms with E-state index in [4.69, 9.17) is 27.7 Å². The molecule has 9 N–H and O–H groups in total. The largest absolute Gasteiger partial charge is 0.507 e. The zero-order valence-electron chi connectivity index (χ0n) is 19.4. The van der Waals surface area contributed by atoms with Crippen molar-refractivity contribution in [3.8, 4) is 33.8 Å². The van der Waals surface area contributed by atoms with E-state index in [-0.39, 0.29) is 0 Å². The van der Waals surface area contributed by atoms with E-state index in [0.717, 1.165) is 57.5 Å². The average Bonchev–Trinajstić information content (AvgIpc) is 2.82. The summed E-state index contributed by atoms with van der Waals surface area (Å²) in [6.07, 6.45) is 2.75. The highest BCUT2D eigenvalue weighted by Gasteiger charge is 2.15. The number of aromatic hydroxyl groups is 1. The van der Waals surface area contributed by atoms with Gasteiger partial charge in [-0.25, -0.2) is 0 Å². The highest BCUT2D eigenvalue weighted by atomic mass is 16.5. The molecule has 0 saturated carbocycles. The van der Waals surface area contributed by atoms with Gasteiger partial charge in [0.2, 0.25) is 0 Å². The molecule has 0 radical (unpaired) electrons. The Bertz CT molecular complexity index is 1010. The Morgan fingerprint density at radius 3 is 1.45 bits per heavy atom. The second kappa shape index (κ2) is 11.8. The third-order valence-corrected chi connectivity index (χ3v) is 5.94. The first-order valence-electron chi connectivity index (χ1n) is 11.5. The maximum atomic E-state index is 10.6. The van der Waals surface area contributed by atoms with E-state index in [9.17, 15) is 5.11 Å². The molecule has 0 aliphatic carbocycles. The molecular weight excluding hydrogens is 412 g/mol. The van der Waals surface area contributed by atoms with Crippen LogP contribution in [0.1, 0.15) is 22.3 Å². The summed E-state index contributed by atoms with van der Waals surface area (Å²) in [5, 5.41) is 10.6. The molecule has 0 atom stereocenters. The van der Waals surface area contributed by atoms with Crippen molar-refractivity contribution in [2.45, 2.75) is 25.7 Å². The van der Waals surface area contributed by atoms with Gasteiger partial charge in [0.1, 0.15) is 11.5 Å². The Morgan fingerprint density at radius 1 is 0.606 bits per heavy atom. The Labute approximate surface area is 196 Å². The van der Waals surface area contributed by atoms with Crippen molar-refractivity contribution in [2.24, 2.45) is 22.9 Å². The van der Waals surface area contributed by atoms with Crippen molar-refractivity contribution in [1.29, 1.82) is 0 Å². The van der Waals surface area contributed by atoms with Crippen LogP contribution in [0.3, 0.4) is 0 Å². The summed E-state index contributed by atoms with van der Waals surface area (Å²) in [6.45, 7) is 2.07. The number of nitrogens with two attached hydrogens (primary N) is 4. The van der Waals surface area contributed by atoms with Crippen molar-refractivity contribution < 1.29 is 9.84 Å². The van der Waals surface area contributed by atoms with Gasteiger partial charge < -0.3 is 32.8 Å². The molecule has 3 aromatic carbocycles. The van der Waals surface area contributed by atoms with Gasteiger partial charge in [-0.15, -0.1) is 0 Å².